The van der Waals surface area contributed by atoms with Gasteiger partial charge in [-0.3, -0.25) is 4.79 Å². The zero-order valence-electron chi connectivity index (χ0n) is 11.7. The number of Topliss-reactive ketones (excluding diaryl/α,β-unsaturated/α-hetero) is 1. The summed E-state index contributed by atoms with van der Waals surface area (Å²) in [5, 5.41) is 3.31. The Hall–Kier alpha value is -0.420. The van der Waals surface area contributed by atoms with E-state index in [9.17, 15) is 13.2 Å². The van der Waals surface area contributed by atoms with E-state index < -0.39 is 15.3 Å². The van der Waals surface area contributed by atoms with Crippen molar-refractivity contribution in [2.24, 2.45) is 11.3 Å². The third-order valence-corrected chi connectivity index (χ3v) is 5.82. The molecule has 1 fully saturated rings. The van der Waals surface area contributed by atoms with Crippen LogP contribution in [0.25, 0.3) is 0 Å². The SMILES string of the molecule is CCS(=O)(=O)CCC(=O)C(C)(C)C1CCCNC1. The molecule has 1 aliphatic heterocycles. The van der Waals surface area contributed by atoms with E-state index in [-0.39, 0.29) is 23.7 Å². The van der Waals surface area contributed by atoms with Crippen molar-refractivity contribution in [1.82, 2.24) is 5.32 Å². The van der Waals surface area contributed by atoms with Gasteiger partial charge in [-0.15, -0.1) is 0 Å². The molecule has 0 aromatic rings. The van der Waals surface area contributed by atoms with Gasteiger partial charge >= 0.3 is 0 Å². The second-order valence-corrected chi connectivity index (χ2v) is 8.15. The van der Waals surface area contributed by atoms with Crippen molar-refractivity contribution in [1.29, 1.82) is 0 Å². The smallest absolute Gasteiger partial charge is 0.150 e. The van der Waals surface area contributed by atoms with E-state index in [2.05, 4.69) is 5.32 Å². The van der Waals surface area contributed by atoms with E-state index in [0.29, 0.717) is 5.92 Å². The lowest BCUT2D eigenvalue weighted by Crippen LogP contribution is -2.43. The van der Waals surface area contributed by atoms with Crippen molar-refractivity contribution < 1.29 is 13.2 Å². The minimum Gasteiger partial charge on any atom is -0.316 e. The maximum absolute atomic E-state index is 12.2. The van der Waals surface area contributed by atoms with Crippen molar-refractivity contribution >= 4 is 15.6 Å². The molecule has 18 heavy (non-hydrogen) atoms. The van der Waals surface area contributed by atoms with Crippen LogP contribution in [0, 0.1) is 11.3 Å². The first kappa shape index (κ1) is 15.6. The number of ketones is 1. The third-order valence-electron chi connectivity index (χ3n) is 4.12. The monoisotopic (exact) mass is 275 g/mol. The lowest BCUT2D eigenvalue weighted by Gasteiger charge is -2.36. The molecule has 0 radical (unpaired) electrons. The summed E-state index contributed by atoms with van der Waals surface area (Å²) in [7, 11) is -3.04. The molecule has 0 saturated carbocycles. The van der Waals surface area contributed by atoms with Crippen molar-refractivity contribution in [2.75, 3.05) is 24.6 Å². The van der Waals surface area contributed by atoms with Gasteiger partial charge in [0.05, 0.1) is 5.75 Å². The number of nitrogens with one attached hydrogen (secondary N) is 1. The Morgan fingerprint density at radius 2 is 2.06 bits per heavy atom. The predicted octanol–water partition coefficient (Wildman–Crippen LogP) is 1.41. The van der Waals surface area contributed by atoms with E-state index >= 15 is 0 Å². The van der Waals surface area contributed by atoms with Gasteiger partial charge in [0, 0.05) is 17.6 Å². The molecule has 0 amide bonds. The summed E-state index contributed by atoms with van der Waals surface area (Å²) in [4.78, 5) is 12.2. The molecule has 0 aromatic heterocycles. The van der Waals surface area contributed by atoms with Crippen LogP contribution in [-0.2, 0) is 14.6 Å². The van der Waals surface area contributed by atoms with Gasteiger partial charge in [0.2, 0.25) is 0 Å². The van der Waals surface area contributed by atoms with Gasteiger partial charge in [0.15, 0.2) is 0 Å². The molecule has 1 saturated heterocycles. The highest BCUT2D eigenvalue weighted by Gasteiger charge is 2.36. The second kappa shape index (κ2) is 6.15. The van der Waals surface area contributed by atoms with Crippen molar-refractivity contribution in [2.45, 2.75) is 40.0 Å². The summed E-state index contributed by atoms with van der Waals surface area (Å²) >= 11 is 0. The summed E-state index contributed by atoms with van der Waals surface area (Å²) in [6, 6.07) is 0. The second-order valence-electron chi connectivity index (χ2n) is 5.67. The van der Waals surface area contributed by atoms with E-state index in [4.69, 9.17) is 0 Å². The molecule has 1 atom stereocenters. The average molecular weight is 275 g/mol. The maximum atomic E-state index is 12.2. The quantitative estimate of drug-likeness (QED) is 0.796. The molecular formula is C13H25NO3S. The Kier molecular flexibility index (Phi) is 5.34. The van der Waals surface area contributed by atoms with Crippen LogP contribution in [0.5, 0.6) is 0 Å². The van der Waals surface area contributed by atoms with Crippen LogP contribution < -0.4 is 5.32 Å². The van der Waals surface area contributed by atoms with Crippen LogP contribution in [0.1, 0.15) is 40.0 Å². The lowest BCUT2D eigenvalue weighted by atomic mass is 9.71. The molecule has 1 N–H and O–H groups in total. The van der Waals surface area contributed by atoms with Crippen LogP contribution in [-0.4, -0.2) is 38.8 Å². The van der Waals surface area contributed by atoms with Gasteiger partial charge in [-0.05, 0) is 31.8 Å². The lowest BCUT2D eigenvalue weighted by molar-refractivity contribution is -0.129. The van der Waals surface area contributed by atoms with Crippen molar-refractivity contribution in [3.8, 4) is 0 Å². The van der Waals surface area contributed by atoms with Crippen molar-refractivity contribution in [3.63, 3.8) is 0 Å². The van der Waals surface area contributed by atoms with Gasteiger partial charge in [0.25, 0.3) is 0 Å². The highest BCUT2D eigenvalue weighted by atomic mass is 32.2. The van der Waals surface area contributed by atoms with Crippen molar-refractivity contribution in [3.05, 3.63) is 0 Å². The van der Waals surface area contributed by atoms with E-state index in [1.807, 2.05) is 13.8 Å². The fraction of sp³-hybridized carbons (Fsp3) is 0.923. The minimum absolute atomic E-state index is 0.00802. The maximum Gasteiger partial charge on any atom is 0.150 e. The molecule has 0 bridgehead atoms. The van der Waals surface area contributed by atoms with Crippen LogP contribution in [0.3, 0.4) is 0 Å². The molecule has 4 nitrogen and oxygen atoms in total. The molecule has 0 aromatic carbocycles. The number of carbonyl (C=O) groups excluding carboxylic acids is 1. The minimum atomic E-state index is -3.04. The van der Waals surface area contributed by atoms with E-state index in [1.165, 1.54) is 0 Å². The summed E-state index contributed by atoms with van der Waals surface area (Å²) in [6.45, 7) is 7.40. The molecule has 1 unspecified atom stereocenters. The van der Waals surface area contributed by atoms with Gasteiger partial charge in [0.1, 0.15) is 15.6 Å². The molecule has 1 heterocycles. The zero-order chi connectivity index (χ0) is 13.8. The summed E-state index contributed by atoms with van der Waals surface area (Å²) in [5.41, 5.74) is -0.420. The van der Waals surface area contributed by atoms with Gasteiger partial charge in [-0.2, -0.15) is 0 Å². The normalized spacial score (nSPS) is 21.8. The Balaban J connectivity index is 2.58. The Morgan fingerprint density at radius 3 is 2.56 bits per heavy atom. The first-order chi connectivity index (χ1) is 8.29. The molecule has 106 valence electrons. The van der Waals surface area contributed by atoms with E-state index in [1.54, 1.807) is 6.92 Å². The summed E-state index contributed by atoms with van der Waals surface area (Å²) in [5.74, 6) is 0.508. The standard InChI is InChI=1S/C13H25NO3S/c1-4-18(16,17)9-7-12(15)13(2,3)11-6-5-8-14-10-11/h11,14H,4-10H2,1-3H3. The molecule has 1 rings (SSSR count). The van der Waals surface area contributed by atoms with Gasteiger partial charge in [-0.25, -0.2) is 8.42 Å². The number of sulfone groups is 1. The summed E-state index contributed by atoms with van der Waals surface area (Å²) < 4.78 is 22.9. The topological polar surface area (TPSA) is 63.2 Å². The largest absolute Gasteiger partial charge is 0.316 e. The number of hydrogen-bond donors (Lipinski definition) is 1. The molecule has 1 aliphatic rings. The van der Waals surface area contributed by atoms with Crippen LogP contribution >= 0.6 is 0 Å². The number of carbonyl (C=O) groups is 1. The highest BCUT2D eigenvalue weighted by molar-refractivity contribution is 7.91. The van der Waals surface area contributed by atoms with Crippen LogP contribution in [0.2, 0.25) is 0 Å². The van der Waals surface area contributed by atoms with Gasteiger partial charge < -0.3 is 5.32 Å². The Labute approximate surface area is 110 Å². The average Bonchev–Trinajstić information content (AvgIpc) is 2.37. The number of piperidine rings is 1. The highest BCUT2D eigenvalue weighted by Crippen LogP contribution is 2.33. The fourth-order valence-electron chi connectivity index (χ4n) is 2.41. The number of hydrogen-bond acceptors (Lipinski definition) is 4. The van der Waals surface area contributed by atoms with Crippen LogP contribution in [0.4, 0.5) is 0 Å². The fourth-order valence-corrected chi connectivity index (χ4v) is 3.20. The molecule has 0 spiro atoms. The third kappa shape index (κ3) is 4.05. The molecular weight excluding hydrogens is 250 g/mol. The van der Waals surface area contributed by atoms with Gasteiger partial charge in [-0.1, -0.05) is 20.8 Å². The first-order valence-electron chi connectivity index (χ1n) is 6.74. The predicted molar refractivity (Wildman–Crippen MR) is 73.3 cm³/mol. The summed E-state index contributed by atoms with van der Waals surface area (Å²) in [6.07, 6.45) is 2.29. The Morgan fingerprint density at radius 1 is 1.39 bits per heavy atom. The first-order valence-corrected chi connectivity index (χ1v) is 8.56. The molecule has 5 heteroatoms. The van der Waals surface area contributed by atoms with E-state index in [0.717, 1.165) is 25.9 Å². The number of rotatable bonds is 6. The van der Waals surface area contributed by atoms with Crippen LogP contribution in [0.15, 0.2) is 0 Å². The Bertz CT molecular complexity index is 381. The molecule has 0 aliphatic carbocycles. The zero-order valence-corrected chi connectivity index (χ0v) is 12.5.